The third-order valence-corrected chi connectivity index (χ3v) is 2.56. The molecule has 78 valence electrons. The number of pyridine rings is 1. The molecule has 0 saturated carbocycles. The van der Waals surface area contributed by atoms with Crippen LogP contribution in [-0.4, -0.2) is 15.7 Å². The van der Waals surface area contributed by atoms with E-state index in [9.17, 15) is 4.79 Å². The zero-order valence-electron chi connectivity index (χ0n) is 9.03. The topological polar surface area (TPSA) is 34.4 Å². The van der Waals surface area contributed by atoms with E-state index in [2.05, 4.69) is 11.9 Å². The Morgan fingerprint density at radius 3 is 3.00 bits per heavy atom. The van der Waals surface area contributed by atoms with Gasteiger partial charge in [0.2, 0.25) is 0 Å². The van der Waals surface area contributed by atoms with Gasteiger partial charge >= 0.3 is 0 Å². The Hall–Kier alpha value is -1.64. The van der Waals surface area contributed by atoms with Crippen LogP contribution < -0.4 is 0 Å². The highest BCUT2D eigenvalue weighted by atomic mass is 16.1. The van der Waals surface area contributed by atoms with Gasteiger partial charge in [0.15, 0.2) is 6.29 Å². The number of fused-ring (bicyclic) bond motifs is 1. The predicted octanol–water partition coefficient (Wildman–Crippen LogP) is 2.41. The fourth-order valence-corrected chi connectivity index (χ4v) is 1.81. The minimum atomic E-state index is 0.690. The minimum absolute atomic E-state index is 0.690. The number of carbonyl (C=O) groups is 1. The van der Waals surface area contributed by atoms with E-state index in [1.165, 1.54) is 0 Å². The molecular formula is C12H14N2O. The molecule has 0 atom stereocenters. The van der Waals surface area contributed by atoms with Gasteiger partial charge < -0.3 is 0 Å². The molecule has 0 spiro atoms. The van der Waals surface area contributed by atoms with Crippen LogP contribution in [0, 0.1) is 6.92 Å². The van der Waals surface area contributed by atoms with Crippen molar-refractivity contribution < 1.29 is 4.79 Å². The van der Waals surface area contributed by atoms with E-state index in [1.807, 2.05) is 29.7 Å². The summed E-state index contributed by atoms with van der Waals surface area (Å²) in [4.78, 5) is 15.5. The summed E-state index contributed by atoms with van der Waals surface area (Å²) in [5.41, 5.74) is 3.59. The number of aryl methyl sites for hydroxylation is 2. The molecule has 0 bridgehead atoms. The molecule has 0 aromatic carbocycles. The quantitative estimate of drug-likeness (QED) is 0.716. The second kappa shape index (κ2) is 3.85. The van der Waals surface area contributed by atoms with Gasteiger partial charge in [0.05, 0.1) is 5.69 Å². The second-order valence-corrected chi connectivity index (χ2v) is 3.70. The van der Waals surface area contributed by atoms with E-state index >= 15 is 0 Å². The van der Waals surface area contributed by atoms with Gasteiger partial charge in [0.1, 0.15) is 11.3 Å². The van der Waals surface area contributed by atoms with E-state index in [0.29, 0.717) is 5.69 Å². The Morgan fingerprint density at radius 2 is 2.33 bits per heavy atom. The van der Waals surface area contributed by atoms with E-state index in [1.54, 1.807) is 0 Å². The van der Waals surface area contributed by atoms with Crippen molar-refractivity contribution in [2.75, 3.05) is 0 Å². The smallest absolute Gasteiger partial charge is 0.168 e. The number of aromatic nitrogens is 2. The van der Waals surface area contributed by atoms with Crippen LogP contribution in [0.1, 0.15) is 35.1 Å². The lowest BCUT2D eigenvalue weighted by Gasteiger charge is -1.97. The highest BCUT2D eigenvalue weighted by Crippen LogP contribution is 2.15. The minimum Gasteiger partial charge on any atom is -0.297 e. The zero-order valence-corrected chi connectivity index (χ0v) is 9.03. The molecule has 2 aromatic heterocycles. The van der Waals surface area contributed by atoms with Gasteiger partial charge in [-0.25, -0.2) is 4.98 Å². The first kappa shape index (κ1) is 9.90. The summed E-state index contributed by atoms with van der Waals surface area (Å²) in [5.74, 6) is 0. The lowest BCUT2D eigenvalue weighted by Crippen LogP contribution is -1.94. The summed E-state index contributed by atoms with van der Waals surface area (Å²) in [6.45, 7) is 4.10. The van der Waals surface area contributed by atoms with Crippen LogP contribution in [0.3, 0.4) is 0 Å². The third-order valence-electron chi connectivity index (χ3n) is 2.56. The normalized spacial score (nSPS) is 10.8. The average molecular weight is 202 g/mol. The Morgan fingerprint density at radius 1 is 1.53 bits per heavy atom. The lowest BCUT2D eigenvalue weighted by atomic mass is 10.2. The van der Waals surface area contributed by atoms with Crippen molar-refractivity contribution in [3.63, 3.8) is 0 Å². The SMILES string of the molecule is CCCc1nc2c(C)cccn2c1C=O. The van der Waals surface area contributed by atoms with Gasteiger partial charge in [-0.3, -0.25) is 9.20 Å². The van der Waals surface area contributed by atoms with Gasteiger partial charge in [0, 0.05) is 6.20 Å². The molecular weight excluding hydrogens is 188 g/mol. The second-order valence-electron chi connectivity index (χ2n) is 3.70. The molecule has 2 aromatic rings. The Kier molecular flexibility index (Phi) is 2.54. The molecule has 0 amide bonds. The number of hydrogen-bond acceptors (Lipinski definition) is 2. The van der Waals surface area contributed by atoms with Crippen LogP contribution in [0.4, 0.5) is 0 Å². The first-order valence-electron chi connectivity index (χ1n) is 5.19. The van der Waals surface area contributed by atoms with Crippen LogP contribution in [0.2, 0.25) is 0 Å². The Balaban J connectivity index is 2.72. The molecule has 0 aliphatic rings. The summed E-state index contributed by atoms with van der Waals surface area (Å²) in [5, 5.41) is 0. The molecule has 0 saturated heterocycles. The number of carbonyl (C=O) groups excluding carboxylic acids is 1. The average Bonchev–Trinajstić information content (AvgIpc) is 2.58. The monoisotopic (exact) mass is 202 g/mol. The molecule has 3 nitrogen and oxygen atoms in total. The highest BCUT2D eigenvalue weighted by molar-refractivity contribution is 5.77. The molecule has 0 radical (unpaired) electrons. The predicted molar refractivity (Wildman–Crippen MR) is 59.3 cm³/mol. The van der Waals surface area contributed by atoms with Crippen molar-refractivity contribution in [3.05, 3.63) is 35.3 Å². The number of aldehydes is 1. The molecule has 0 fully saturated rings. The lowest BCUT2D eigenvalue weighted by molar-refractivity contribution is 0.111. The van der Waals surface area contributed by atoms with Crippen molar-refractivity contribution in [2.24, 2.45) is 0 Å². The summed E-state index contributed by atoms with van der Waals surface area (Å²) in [6.07, 6.45) is 4.64. The van der Waals surface area contributed by atoms with Crippen molar-refractivity contribution in [2.45, 2.75) is 26.7 Å². The molecule has 2 rings (SSSR count). The highest BCUT2D eigenvalue weighted by Gasteiger charge is 2.11. The molecule has 0 unspecified atom stereocenters. The zero-order chi connectivity index (χ0) is 10.8. The van der Waals surface area contributed by atoms with Crippen LogP contribution in [0.5, 0.6) is 0 Å². The molecule has 0 aliphatic carbocycles. The number of imidazole rings is 1. The largest absolute Gasteiger partial charge is 0.297 e. The van der Waals surface area contributed by atoms with Gasteiger partial charge in [0.25, 0.3) is 0 Å². The maximum absolute atomic E-state index is 11.0. The molecule has 2 heterocycles. The van der Waals surface area contributed by atoms with E-state index in [-0.39, 0.29) is 0 Å². The standard InChI is InChI=1S/C12H14N2O/c1-3-5-10-11(8-15)14-7-4-6-9(2)12(14)13-10/h4,6-8H,3,5H2,1-2H3. The third kappa shape index (κ3) is 1.54. The number of rotatable bonds is 3. The summed E-state index contributed by atoms with van der Waals surface area (Å²) in [7, 11) is 0. The fraction of sp³-hybridized carbons (Fsp3) is 0.333. The van der Waals surface area contributed by atoms with Crippen molar-refractivity contribution in [1.82, 2.24) is 9.38 Å². The van der Waals surface area contributed by atoms with Gasteiger partial charge in [-0.2, -0.15) is 0 Å². The Labute approximate surface area is 88.8 Å². The summed E-state index contributed by atoms with van der Waals surface area (Å²) < 4.78 is 1.87. The van der Waals surface area contributed by atoms with E-state index in [4.69, 9.17) is 0 Å². The maximum Gasteiger partial charge on any atom is 0.168 e. The van der Waals surface area contributed by atoms with Crippen LogP contribution in [0.25, 0.3) is 5.65 Å². The molecule has 0 aliphatic heterocycles. The number of nitrogens with zero attached hydrogens (tertiary/aromatic N) is 2. The number of hydrogen-bond donors (Lipinski definition) is 0. The fourth-order valence-electron chi connectivity index (χ4n) is 1.81. The first-order valence-corrected chi connectivity index (χ1v) is 5.19. The summed E-state index contributed by atoms with van der Waals surface area (Å²) in [6, 6.07) is 3.94. The molecule has 0 N–H and O–H groups in total. The van der Waals surface area contributed by atoms with Crippen LogP contribution in [0.15, 0.2) is 18.3 Å². The van der Waals surface area contributed by atoms with Gasteiger partial charge in [-0.05, 0) is 25.0 Å². The van der Waals surface area contributed by atoms with Crippen molar-refractivity contribution in [1.29, 1.82) is 0 Å². The molecule has 3 heteroatoms. The molecule has 15 heavy (non-hydrogen) atoms. The van der Waals surface area contributed by atoms with Gasteiger partial charge in [-0.15, -0.1) is 0 Å². The van der Waals surface area contributed by atoms with Crippen molar-refractivity contribution in [3.8, 4) is 0 Å². The van der Waals surface area contributed by atoms with E-state index in [0.717, 1.165) is 36.0 Å². The van der Waals surface area contributed by atoms with Crippen LogP contribution >= 0.6 is 0 Å². The summed E-state index contributed by atoms with van der Waals surface area (Å²) >= 11 is 0. The van der Waals surface area contributed by atoms with Gasteiger partial charge in [-0.1, -0.05) is 19.4 Å². The van der Waals surface area contributed by atoms with Crippen LogP contribution in [-0.2, 0) is 6.42 Å². The maximum atomic E-state index is 11.0. The van der Waals surface area contributed by atoms with E-state index < -0.39 is 0 Å². The Bertz CT molecular complexity index is 500. The first-order chi connectivity index (χ1) is 7.27. The van der Waals surface area contributed by atoms with Crippen molar-refractivity contribution >= 4 is 11.9 Å².